The third-order valence-corrected chi connectivity index (χ3v) is 3.80. The van der Waals surface area contributed by atoms with Crippen LogP contribution in [0.2, 0.25) is 10.0 Å². The molecule has 2 aromatic carbocycles. The van der Waals surface area contributed by atoms with Crippen molar-refractivity contribution in [3.63, 3.8) is 0 Å². The summed E-state index contributed by atoms with van der Waals surface area (Å²) in [4.78, 5) is 0. The van der Waals surface area contributed by atoms with Crippen LogP contribution in [0.15, 0.2) is 36.4 Å². The first-order valence-corrected chi connectivity index (χ1v) is 6.95. The number of nitrogens with one attached hydrogen (secondary N) is 1. The van der Waals surface area contributed by atoms with E-state index in [9.17, 15) is 4.39 Å². The minimum Gasteiger partial charge on any atom is -0.377 e. The normalized spacial score (nSPS) is 12.2. The lowest BCUT2D eigenvalue weighted by Gasteiger charge is -2.20. The van der Waals surface area contributed by atoms with Crippen LogP contribution in [0.5, 0.6) is 0 Å². The number of anilines is 1. The first-order chi connectivity index (χ1) is 9.52. The van der Waals surface area contributed by atoms with Gasteiger partial charge in [-0.25, -0.2) is 4.39 Å². The molecule has 2 rings (SSSR count). The van der Waals surface area contributed by atoms with E-state index < -0.39 is 5.82 Å². The Morgan fingerprint density at radius 2 is 1.95 bits per heavy atom. The van der Waals surface area contributed by atoms with Crippen molar-refractivity contribution in [2.75, 3.05) is 11.9 Å². The van der Waals surface area contributed by atoms with E-state index in [2.05, 4.69) is 5.32 Å². The van der Waals surface area contributed by atoms with Gasteiger partial charge >= 0.3 is 0 Å². The summed E-state index contributed by atoms with van der Waals surface area (Å²) in [5.74, 6) is -0.449. The van der Waals surface area contributed by atoms with Gasteiger partial charge in [0.1, 0.15) is 5.82 Å². The van der Waals surface area contributed by atoms with Gasteiger partial charge in [-0.2, -0.15) is 0 Å². The maximum absolute atomic E-state index is 14.0. The van der Waals surface area contributed by atoms with Crippen LogP contribution in [0, 0.1) is 12.7 Å². The molecule has 5 heteroatoms. The summed E-state index contributed by atoms with van der Waals surface area (Å²) in [6, 6.07) is 10.1. The van der Waals surface area contributed by atoms with Crippen molar-refractivity contribution >= 4 is 28.9 Å². The molecule has 0 aliphatic carbocycles. The maximum atomic E-state index is 14.0. The molecule has 0 saturated carbocycles. The van der Waals surface area contributed by atoms with Gasteiger partial charge in [0.2, 0.25) is 0 Å². The number of halogens is 3. The standard InChI is InChI=1S/C15H15Cl2FN2/c1-9-5-6-10(7-13(9)17)20-14(8-19)11-3-2-4-12(16)15(11)18/h2-7,14,20H,8,19H2,1H3. The predicted octanol–water partition coefficient (Wildman–Crippen LogP) is 4.55. The van der Waals surface area contributed by atoms with E-state index in [4.69, 9.17) is 28.9 Å². The Labute approximate surface area is 127 Å². The molecular formula is C15H15Cl2FN2. The van der Waals surface area contributed by atoms with Crippen LogP contribution in [0.1, 0.15) is 17.2 Å². The van der Waals surface area contributed by atoms with E-state index in [0.717, 1.165) is 11.3 Å². The third-order valence-electron chi connectivity index (χ3n) is 3.11. The molecule has 0 fully saturated rings. The summed E-state index contributed by atoms with van der Waals surface area (Å²) in [7, 11) is 0. The fraction of sp³-hybridized carbons (Fsp3) is 0.200. The minimum atomic E-state index is -0.449. The van der Waals surface area contributed by atoms with Crippen molar-refractivity contribution in [3.8, 4) is 0 Å². The average molecular weight is 313 g/mol. The Morgan fingerprint density at radius 3 is 2.60 bits per heavy atom. The molecule has 2 aromatic rings. The first-order valence-electron chi connectivity index (χ1n) is 6.19. The molecular weight excluding hydrogens is 298 g/mol. The summed E-state index contributed by atoms with van der Waals surface area (Å²) in [6.45, 7) is 2.16. The summed E-state index contributed by atoms with van der Waals surface area (Å²) < 4.78 is 14.0. The number of aryl methyl sites for hydroxylation is 1. The van der Waals surface area contributed by atoms with Crippen molar-refractivity contribution in [2.45, 2.75) is 13.0 Å². The van der Waals surface area contributed by atoms with Crippen molar-refractivity contribution in [3.05, 3.63) is 63.4 Å². The molecule has 20 heavy (non-hydrogen) atoms. The number of rotatable bonds is 4. The smallest absolute Gasteiger partial charge is 0.147 e. The number of nitrogens with two attached hydrogens (primary N) is 1. The fourth-order valence-corrected chi connectivity index (χ4v) is 2.30. The van der Waals surface area contributed by atoms with Gasteiger partial charge in [-0.1, -0.05) is 41.4 Å². The third kappa shape index (κ3) is 3.23. The zero-order chi connectivity index (χ0) is 14.7. The van der Waals surface area contributed by atoms with Gasteiger partial charge in [-0.15, -0.1) is 0 Å². The van der Waals surface area contributed by atoms with Gasteiger partial charge in [0.15, 0.2) is 0 Å². The largest absolute Gasteiger partial charge is 0.377 e. The zero-order valence-corrected chi connectivity index (χ0v) is 12.5. The van der Waals surface area contributed by atoms with Crippen LogP contribution in [-0.4, -0.2) is 6.54 Å². The van der Waals surface area contributed by atoms with Crippen LogP contribution in [0.4, 0.5) is 10.1 Å². The van der Waals surface area contributed by atoms with Crippen LogP contribution in [-0.2, 0) is 0 Å². The monoisotopic (exact) mass is 312 g/mol. The molecule has 0 heterocycles. The summed E-state index contributed by atoms with van der Waals surface area (Å²) in [6.07, 6.45) is 0. The van der Waals surface area contributed by atoms with Crippen LogP contribution in [0.25, 0.3) is 0 Å². The highest BCUT2D eigenvalue weighted by molar-refractivity contribution is 6.31. The molecule has 0 aliphatic heterocycles. The van der Waals surface area contributed by atoms with Gasteiger partial charge in [-0.05, 0) is 30.7 Å². The lowest BCUT2D eigenvalue weighted by Crippen LogP contribution is -2.21. The summed E-state index contributed by atoms with van der Waals surface area (Å²) in [5, 5.41) is 3.91. The molecule has 0 bridgehead atoms. The molecule has 0 saturated heterocycles. The van der Waals surface area contributed by atoms with Gasteiger partial charge in [-0.3, -0.25) is 0 Å². The van der Waals surface area contributed by atoms with Crippen molar-refractivity contribution < 1.29 is 4.39 Å². The Bertz CT molecular complexity index is 617. The summed E-state index contributed by atoms with van der Waals surface area (Å²) >= 11 is 11.9. The molecule has 1 unspecified atom stereocenters. The van der Waals surface area contributed by atoms with Gasteiger partial charge in [0.05, 0.1) is 11.1 Å². The van der Waals surface area contributed by atoms with E-state index in [1.54, 1.807) is 18.2 Å². The molecule has 0 aromatic heterocycles. The summed E-state index contributed by atoms with van der Waals surface area (Å²) in [5.41, 5.74) is 7.95. The highest BCUT2D eigenvalue weighted by Gasteiger charge is 2.16. The molecule has 106 valence electrons. The highest BCUT2D eigenvalue weighted by atomic mass is 35.5. The number of hydrogen-bond donors (Lipinski definition) is 2. The fourth-order valence-electron chi connectivity index (χ4n) is 1.94. The number of benzene rings is 2. The topological polar surface area (TPSA) is 38.0 Å². The lowest BCUT2D eigenvalue weighted by molar-refractivity contribution is 0.594. The quantitative estimate of drug-likeness (QED) is 0.869. The van der Waals surface area contributed by atoms with Gasteiger partial charge in [0, 0.05) is 22.8 Å². The molecule has 0 aliphatic rings. The molecule has 2 nitrogen and oxygen atoms in total. The first kappa shape index (κ1) is 15.1. The van der Waals surface area contributed by atoms with Crippen molar-refractivity contribution in [2.24, 2.45) is 5.73 Å². The average Bonchev–Trinajstić information content (AvgIpc) is 2.43. The van der Waals surface area contributed by atoms with E-state index in [0.29, 0.717) is 10.6 Å². The van der Waals surface area contributed by atoms with E-state index in [1.807, 2.05) is 19.1 Å². The van der Waals surface area contributed by atoms with Crippen molar-refractivity contribution in [1.29, 1.82) is 0 Å². The lowest BCUT2D eigenvalue weighted by atomic mass is 10.1. The van der Waals surface area contributed by atoms with Crippen LogP contribution in [0.3, 0.4) is 0 Å². The van der Waals surface area contributed by atoms with Gasteiger partial charge in [0.25, 0.3) is 0 Å². The molecule has 3 N–H and O–H groups in total. The Kier molecular flexibility index (Phi) is 4.86. The van der Waals surface area contributed by atoms with E-state index in [1.165, 1.54) is 6.07 Å². The highest BCUT2D eigenvalue weighted by Crippen LogP contribution is 2.27. The molecule has 0 amide bonds. The SMILES string of the molecule is Cc1ccc(NC(CN)c2cccc(Cl)c2F)cc1Cl. The van der Waals surface area contributed by atoms with Crippen LogP contribution < -0.4 is 11.1 Å². The molecule has 0 radical (unpaired) electrons. The number of hydrogen-bond acceptors (Lipinski definition) is 2. The second kappa shape index (κ2) is 6.44. The Hall–Kier alpha value is -1.29. The maximum Gasteiger partial charge on any atom is 0.147 e. The minimum absolute atomic E-state index is 0.0877. The Morgan fingerprint density at radius 1 is 1.20 bits per heavy atom. The second-order valence-electron chi connectivity index (χ2n) is 4.54. The predicted molar refractivity (Wildman–Crippen MR) is 83.0 cm³/mol. The van der Waals surface area contributed by atoms with E-state index >= 15 is 0 Å². The second-order valence-corrected chi connectivity index (χ2v) is 5.35. The molecule has 0 spiro atoms. The van der Waals surface area contributed by atoms with Crippen LogP contribution >= 0.6 is 23.2 Å². The molecule has 1 atom stereocenters. The Balaban J connectivity index is 2.28. The van der Waals surface area contributed by atoms with Crippen molar-refractivity contribution in [1.82, 2.24) is 0 Å². The zero-order valence-electron chi connectivity index (χ0n) is 11.0. The van der Waals surface area contributed by atoms with Gasteiger partial charge < -0.3 is 11.1 Å². The van der Waals surface area contributed by atoms with E-state index in [-0.39, 0.29) is 17.6 Å².